The smallest absolute Gasteiger partial charge is 0.0725 e. The molecule has 1 heterocycles. The van der Waals surface area contributed by atoms with Crippen LogP contribution in [0.5, 0.6) is 0 Å². The number of nitrogens with one attached hydrogen (secondary N) is 1. The Morgan fingerprint density at radius 3 is 2.65 bits per heavy atom. The average molecular weight is 233 g/mol. The lowest BCUT2D eigenvalue weighted by molar-refractivity contribution is 0.134. The van der Waals surface area contributed by atoms with Gasteiger partial charge in [-0.05, 0) is 48.9 Å². The summed E-state index contributed by atoms with van der Waals surface area (Å²) in [6, 6.07) is 7.12. The molecule has 0 aliphatic carbocycles. The van der Waals surface area contributed by atoms with Crippen molar-refractivity contribution < 1.29 is 4.74 Å². The Hall–Kier alpha value is -1.02. The number of fused-ring (bicyclic) bond motifs is 1. The molecule has 0 radical (unpaired) electrons. The molecule has 0 spiro atoms. The maximum absolute atomic E-state index is 5.43. The quantitative estimate of drug-likeness (QED) is 0.831. The average Bonchev–Trinajstić information content (AvgIpc) is 2.73. The molecule has 0 saturated carbocycles. The van der Waals surface area contributed by atoms with Gasteiger partial charge >= 0.3 is 0 Å². The van der Waals surface area contributed by atoms with Crippen LogP contribution in [0.3, 0.4) is 0 Å². The summed E-state index contributed by atoms with van der Waals surface area (Å²) in [5.41, 5.74) is 3.90. The summed E-state index contributed by atoms with van der Waals surface area (Å²) in [6.45, 7) is 8.36. The molecular weight excluding hydrogens is 210 g/mol. The largest absolute Gasteiger partial charge is 0.383 e. The van der Waals surface area contributed by atoms with Gasteiger partial charge in [-0.2, -0.15) is 0 Å². The summed E-state index contributed by atoms with van der Waals surface area (Å²) in [7, 11) is 0. The van der Waals surface area contributed by atoms with Crippen LogP contribution in [0.4, 0.5) is 5.69 Å². The summed E-state index contributed by atoms with van der Waals surface area (Å²) in [6.07, 6.45) is 2.51. The summed E-state index contributed by atoms with van der Waals surface area (Å²) >= 11 is 0. The lowest BCUT2D eigenvalue weighted by Gasteiger charge is -2.17. The Labute approximate surface area is 104 Å². The zero-order valence-corrected chi connectivity index (χ0v) is 11.1. The molecular formula is C15H23NO. The van der Waals surface area contributed by atoms with Gasteiger partial charge in [-0.25, -0.2) is 0 Å². The molecule has 2 nitrogen and oxygen atoms in total. The molecule has 0 aromatic heterocycles. The van der Waals surface area contributed by atoms with Gasteiger partial charge < -0.3 is 10.1 Å². The van der Waals surface area contributed by atoms with E-state index < -0.39 is 0 Å². The third-order valence-corrected chi connectivity index (χ3v) is 3.31. The van der Waals surface area contributed by atoms with Gasteiger partial charge in [0.1, 0.15) is 0 Å². The van der Waals surface area contributed by atoms with E-state index in [4.69, 9.17) is 4.74 Å². The number of benzene rings is 1. The van der Waals surface area contributed by atoms with E-state index in [0.29, 0.717) is 6.04 Å². The SMILES string of the molecule is CC(C)CCC(C)Nc1ccc2c(c1)COC2. The van der Waals surface area contributed by atoms with Gasteiger partial charge in [-0.3, -0.25) is 0 Å². The Balaban J connectivity index is 1.90. The van der Waals surface area contributed by atoms with Crippen molar-refractivity contribution in [3.8, 4) is 0 Å². The minimum atomic E-state index is 0.540. The van der Waals surface area contributed by atoms with Crippen molar-refractivity contribution in [1.82, 2.24) is 0 Å². The van der Waals surface area contributed by atoms with E-state index in [2.05, 4.69) is 44.3 Å². The highest BCUT2D eigenvalue weighted by Gasteiger charge is 2.12. The first-order valence-electron chi connectivity index (χ1n) is 6.61. The van der Waals surface area contributed by atoms with Crippen molar-refractivity contribution in [3.63, 3.8) is 0 Å². The lowest BCUT2D eigenvalue weighted by Crippen LogP contribution is -2.15. The Bertz CT molecular complexity index is 373. The van der Waals surface area contributed by atoms with Crippen molar-refractivity contribution in [3.05, 3.63) is 29.3 Å². The molecule has 2 heteroatoms. The van der Waals surface area contributed by atoms with Crippen molar-refractivity contribution in [1.29, 1.82) is 0 Å². The predicted molar refractivity (Wildman–Crippen MR) is 72.1 cm³/mol. The molecule has 1 aromatic carbocycles. The maximum atomic E-state index is 5.43. The molecule has 0 amide bonds. The van der Waals surface area contributed by atoms with E-state index in [-0.39, 0.29) is 0 Å². The minimum Gasteiger partial charge on any atom is -0.383 e. The van der Waals surface area contributed by atoms with Gasteiger partial charge in [0.25, 0.3) is 0 Å². The van der Waals surface area contributed by atoms with E-state index in [1.165, 1.54) is 29.7 Å². The highest BCUT2D eigenvalue weighted by atomic mass is 16.5. The number of ether oxygens (including phenoxy) is 1. The summed E-state index contributed by atoms with van der Waals surface area (Å²) < 4.78 is 5.43. The molecule has 1 aromatic rings. The number of hydrogen-bond donors (Lipinski definition) is 1. The first-order chi connectivity index (χ1) is 8.15. The Morgan fingerprint density at radius 2 is 1.88 bits per heavy atom. The van der Waals surface area contributed by atoms with Crippen LogP contribution in [0.25, 0.3) is 0 Å². The van der Waals surface area contributed by atoms with Crippen LogP contribution in [0.15, 0.2) is 18.2 Å². The second-order valence-electron chi connectivity index (χ2n) is 5.49. The fraction of sp³-hybridized carbons (Fsp3) is 0.600. The molecule has 0 saturated heterocycles. The van der Waals surface area contributed by atoms with Crippen molar-refractivity contribution in [2.45, 2.75) is 52.9 Å². The molecule has 0 bridgehead atoms. The van der Waals surface area contributed by atoms with Crippen molar-refractivity contribution in [2.75, 3.05) is 5.32 Å². The first-order valence-corrected chi connectivity index (χ1v) is 6.61. The van der Waals surface area contributed by atoms with Crippen molar-refractivity contribution >= 4 is 5.69 Å². The van der Waals surface area contributed by atoms with Crippen LogP contribution in [-0.4, -0.2) is 6.04 Å². The number of hydrogen-bond acceptors (Lipinski definition) is 2. The monoisotopic (exact) mass is 233 g/mol. The third kappa shape index (κ3) is 3.47. The van der Waals surface area contributed by atoms with E-state index in [9.17, 15) is 0 Å². The Kier molecular flexibility index (Phi) is 4.06. The summed E-state index contributed by atoms with van der Waals surface area (Å²) in [4.78, 5) is 0. The van der Waals surface area contributed by atoms with Gasteiger partial charge in [0, 0.05) is 11.7 Å². The molecule has 1 aliphatic heterocycles. The van der Waals surface area contributed by atoms with E-state index in [0.717, 1.165) is 19.1 Å². The second-order valence-corrected chi connectivity index (χ2v) is 5.49. The molecule has 1 N–H and O–H groups in total. The van der Waals surface area contributed by atoms with Gasteiger partial charge in [0.2, 0.25) is 0 Å². The highest BCUT2D eigenvalue weighted by Crippen LogP contribution is 2.24. The maximum Gasteiger partial charge on any atom is 0.0725 e. The molecule has 0 fully saturated rings. The van der Waals surface area contributed by atoms with Crippen LogP contribution in [0.2, 0.25) is 0 Å². The van der Waals surface area contributed by atoms with Crippen LogP contribution >= 0.6 is 0 Å². The van der Waals surface area contributed by atoms with Gasteiger partial charge in [0.05, 0.1) is 13.2 Å². The zero-order valence-electron chi connectivity index (χ0n) is 11.1. The molecule has 1 unspecified atom stereocenters. The molecule has 1 aliphatic rings. The van der Waals surface area contributed by atoms with Crippen LogP contribution in [0.1, 0.15) is 44.7 Å². The third-order valence-electron chi connectivity index (χ3n) is 3.31. The normalized spacial score (nSPS) is 16.0. The minimum absolute atomic E-state index is 0.540. The van der Waals surface area contributed by atoms with Gasteiger partial charge in [-0.1, -0.05) is 19.9 Å². The number of rotatable bonds is 5. The zero-order chi connectivity index (χ0) is 12.3. The van der Waals surface area contributed by atoms with Crippen LogP contribution in [-0.2, 0) is 18.0 Å². The molecule has 2 rings (SSSR count). The molecule has 94 valence electrons. The predicted octanol–water partition coefficient (Wildman–Crippen LogP) is 3.95. The highest BCUT2D eigenvalue weighted by molar-refractivity contribution is 5.49. The summed E-state index contributed by atoms with van der Waals surface area (Å²) in [5.74, 6) is 0.785. The standard InChI is InChI=1S/C15H23NO/c1-11(2)4-5-12(3)16-15-7-6-13-9-17-10-14(13)8-15/h6-8,11-12,16H,4-5,9-10H2,1-3H3. The molecule has 17 heavy (non-hydrogen) atoms. The van der Waals surface area contributed by atoms with E-state index in [1.807, 2.05) is 0 Å². The van der Waals surface area contributed by atoms with Gasteiger partial charge in [-0.15, -0.1) is 0 Å². The fourth-order valence-corrected chi connectivity index (χ4v) is 2.20. The topological polar surface area (TPSA) is 21.3 Å². The molecule has 1 atom stereocenters. The van der Waals surface area contributed by atoms with E-state index in [1.54, 1.807) is 0 Å². The number of anilines is 1. The lowest BCUT2D eigenvalue weighted by atomic mass is 10.0. The Morgan fingerprint density at radius 1 is 1.12 bits per heavy atom. The fourth-order valence-electron chi connectivity index (χ4n) is 2.20. The van der Waals surface area contributed by atoms with Crippen LogP contribution in [0, 0.1) is 5.92 Å². The van der Waals surface area contributed by atoms with Crippen LogP contribution < -0.4 is 5.32 Å². The van der Waals surface area contributed by atoms with Gasteiger partial charge in [0.15, 0.2) is 0 Å². The summed E-state index contributed by atoms with van der Waals surface area (Å²) in [5, 5.41) is 3.57. The first kappa shape index (κ1) is 12.4. The van der Waals surface area contributed by atoms with Crippen molar-refractivity contribution in [2.24, 2.45) is 5.92 Å². The second kappa shape index (κ2) is 5.54. The van der Waals surface area contributed by atoms with E-state index >= 15 is 0 Å².